The molecule has 0 bridgehead atoms. The fourth-order valence-corrected chi connectivity index (χ4v) is 2.36. The van der Waals surface area contributed by atoms with Gasteiger partial charge in [-0.05, 0) is 24.6 Å². The molecule has 0 radical (unpaired) electrons. The lowest BCUT2D eigenvalue weighted by molar-refractivity contribution is -0.144. The lowest BCUT2D eigenvalue weighted by atomic mass is 10.1. The highest BCUT2D eigenvalue weighted by atomic mass is 35.5. The van der Waals surface area contributed by atoms with Crippen molar-refractivity contribution in [2.24, 2.45) is 5.73 Å². The average molecular weight is 399 g/mol. The molecular formula is C19H24Cl2N2O3. The first-order valence-corrected chi connectivity index (χ1v) is 8.91. The Hall–Kier alpha value is -1.79. The van der Waals surface area contributed by atoms with E-state index in [0.29, 0.717) is 41.2 Å². The molecule has 3 N–H and O–H groups in total. The summed E-state index contributed by atoms with van der Waals surface area (Å²) in [6.45, 7) is 6.84. The molecule has 0 saturated carbocycles. The van der Waals surface area contributed by atoms with E-state index in [1.54, 1.807) is 13.0 Å². The Morgan fingerprint density at radius 1 is 1.27 bits per heavy atom. The van der Waals surface area contributed by atoms with E-state index in [4.69, 9.17) is 38.4 Å². The van der Waals surface area contributed by atoms with E-state index in [2.05, 4.69) is 11.9 Å². The number of rotatable bonds is 11. The molecule has 7 heteroatoms. The van der Waals surface area contributed by atoms with Crippen LogP contribution in [-0.2, 0) is 20.7 Å². The quantitative estimate of drug-likeness (QED) is 0.335. The molecule has 0 aliphatic rings. The molecule has 5 nitrogen and oxygen atoms in total. The summed E-state index contributed by atoms with van der Waals surface area (Å²) >= 11 is 12.4. The van der Waals surface area contributed by atoms with Crippen molar-refractivity contribution in [1.82, 2.24) is 0 Å². The van der Waals surface area contributed by atoms with Gasteiger partial charge < -0.3 is 20.5 Å². The van der Waals surface area contributed by atoms with Gasteiger partial charge in [0.25, 0.3) is 0 Å². The zero-order valence-electron chi connectivity index (χ0n) is 14.8. The van der Waals surface area contributed by atoms with Crippen LogP contribution in [0.4, 0.5) is 5.69 Å². The van der Waals surface area contributed by atoms with Crippen LogP contribution in [0.1, 0.15) is 12.5 Å². The van der Waals surface area contributed by atoms with Crippen molar-refractivity contribution in [3.63, 3.8) is 0 Å². The molecule has 1 aromatic rings. The molecule has 0 aromatic heterocycles. The summed E-state index contributed by atoms with van der Waals surface area (Å²) in [5.41, 5.74) is 7.30. The maximum Gasteiger partial charge on any atom is 0.310 e. The molecule has 142 valence electrons. The fourth-order valence-electron chi connectivity index (χ4n) is 2.02. The highest BCUT2D eigenvalue weighted by molar-refractivity contribution is 6.36. The molecule has 0 amide bonds. The van der Waals surface area contributed by atoms with E-state index < -0.39 is 0 Å². The number of halogens is 2. The number of nitrogens with two attached hydrogens (primary N) is 1. The Bertz CT molecular complexity index is 673. The zero-order valence-corrected chi connectivity index (χ0v) is 16.3. The van der Waals surface area contributed by atoms with Crippen LogP contribution in [-0.4, -0.2) is 32.3 Å². The summed E-state index contributed by atoms with van der Waals surface area (Å²) < 4.78 is 10.3. The monoisotopic (exact) mass is 398 g/mol. The number of ether oxygens (including phenoxy) is 2. The predicted octanol–water partition coefficient (Wildman–Crippen LogP) is 3.94. The van der Waals surface area contributed by atoms with E-state index in [-0.39, 0.29) is 19.0 Å². The van der Waals surface area contributed by atoms with Gasteiger partial charge in [-0.1, -0.05) is 54.1 Å². The second-order valence-corrected chi connectivity index (χ2v) is 5.96. The molecule has 0 aliphatic heterocycles. The van der Waals surface area contributed by atoms with Crippen molar-refractivity contribution in [2.75, 3.05) is 31.7 Å². The van der Waals surface area contributed by atoms with Crippen LogP contribution in [0.5, 0.6) is 0 Å². The van der Waals surface area contributed by atoms with Crippen LogP contribution in [0, 0.1) is 0 Å². The predicted molar refractivity (Wildman–Crippen MR) is 107 cm³/mol. The maximum absolute atomic E-state index is 12.0. The Kier molecular flexibility index (Phi) is 10.7. The summed E-state index contributed by atoms with van der Waals surface area (Å²) in [7, 11) is 0. The third kappa shape index (κ3) is 7.62. The van der Waals surface area contributed by atoms with Gasteiger partial charge in [0.05, 0.1) is 35.4 Å². The number of anilines is 1. The number of carbonyl (C=O) groups is 1. The third-order valence-corrected chi connectivity index (χ3v) is 4.03. The minimum absolute atomic E-state index is 0.104. The van der Waals surface area contributed by atoms with Gasteiger partial charge in [-0.25, -0.2) is 0 Å². The summed E-state index contributed by atoms with van der Waals surface area (Å²) in [5, 5.41) is 3.99. The molecule has 1 rings (SSSR count). The van der Waals surface area contributed by atoms with Crippen LogP contribution >= 0.6 is 23.2 Å². The van der Waals surface area contributed by atoms with Crippen LogP contribution < -0.4 is 11.1 Å². The smallest absolute Gasteiger partial charge is 0.310 e. The van der Waals surface area contributed by atoms with Crippen molar-refractivity contribution in [1.29, 1.82) is 0 Å². The van der Waals surface area contributed by atoms with Gasteiger partial charge in [-0.2, -0.15) is 0 Å². The Balaban J connectivity index is 2.81. The summed E-state index contributed by atoms with van der Waals surface area (Å²) in [6.07, 6.45) is 3.31. The van der Waals surface area contributed by atoms with Gasteiger partial charge in [-0.3, -0.25) is 4.79 Å². The highest BCUT2D eigenvalue weighted by Crippen LogP contribution is 2.26. The van der Waals surface area contributed by atoms with E-state index in [1.807, 2.05) is 24.3 Å². The van der Waals surface area contributed by atoms with Gasteiger partial charge in [0, 0.05) is 12.2 Å². The third-order valence-electron chi connectivity index (χ3n) is 3.28. The van der Waals surface area contributed by atoms with Gasteiger partial charge in [-0.15, -0.1) is 0 Å². The summed E-state index contributed by atoms with van der Waals surface area (Å²) in [6, 6.07) is 7.35. The number of carbonyl (C=O) groups excluding carboxylic acids is 1. The van der Waals surface area contributed by atoms with Gasteiger partial charge in [0.15, 0.2) is 0 Å². The zero-order chi connectivity index (χ0) is 19.4. The fraction of sp³-hybridized carbons (Fsp3) is 0.316. The van der Waals surface area contributed by atoms with Crippen molar-refractivity contribution in [2.45, 2.75) is 13.3 Å². The molecule has 1 aromatic carbocycles. The molecule has 26 heavy (non-hydrogen) atoms. The lowest BCUT2D eigenvalue weighted by Crippen LogP contribution is -2.16. The molecule has 0 fully saturated rings. The largest absolute Gasteiger partial charge is 0.463 e. The average Bonchev–Trinajstić information content (AvgIpc) is 2.65. The van der Waals surface area contributed by atoms with Gasteiger partial charge >= 0.3 is 5.97 Å². The topological polar surface area (TPSA) is 73.6 Å². The molecule has 0 spiro atoms. The number of benzene rings is 1. The van der Waals surface area contributed by atoms with Crippen LogP contribution in [0.25, 0.3) is 0 Å². The van der Waals surface area contributed by atoms with Crippen molar-refractivity contribution >= 4 is 34.9 Å². The van der Waals surface area contributed by atoms with Crippen molar-refractivity contribution < 1.29 is 14.3 Å². The van der Waals surface area contributed by atoms with E-state index in [9.17, 15) is 4.79 Å². The number of allylic oxidation sites excluding steroid dienone is 4. The first-order valence-electron chi connectivity index (χ1n) is 8.16. The molecule has 0 saturated heterocycles. The first-order chi connectivity index (χ1) is 12.5. The molecule has 0 aliphatic carbocycles. The number of nitrogens with one attached hydrogen (secondary N) is 1. The number of hydrogen-bond donors (Lipinski definition) is 2. The lowest BCUT2D eigenvalue weighted by Gasteiger charge is -2.15. The van der Waals surface area contributed by atoms with Crippen molar-refractivity contribution in [3.05, 3.63) is 64.3 Å². The van der Waals surface area contributed by atoms with Crippen LogP contribution in [0.15, 0.2) is 58.8 Å². The van der Waals surface area contributed by atoms with Crippen LogP contribution in [0.2, 0.25) is 0 Å². The number of para-hydroxylation sites is 1. The normalized spacial score (nSPS) is 12.4. The van der Waals surface area contributed by atoms with Gasteiger partial charge in [0.2, 0.25) is 0 Å². The molecular weight excluding hydrogens is 375 g/mol. The molecule has 0 atom stereocenters. The second kappa shape index (κ2) is 12.5. The Labute approximate surface area is 164 Å². The summed E-state index contributed by atoms with van der Waals surface area (Å²) in [4.78, 5) is 12.0. The minimum atomic E-state index is -0.354. The van der Waals surface area contributed by atoms with Crippen molar-refractivity contribution in [3.8, 4) is 0 Å². The summed E-state index contributed by atoms with van der Waals surface area (Å²) in [5.74, 6) is -0.354. The van der Waals surface area contributed by atoms with Gasteiger partial charge in [0.1, 0.15) is 6.61 Å². The van der Waals surface area contributed by atoms with E-state index in [1.165, 1.54) is 6.08 Å². The maximum atomic E-state index is 12.0. The number of esters is 1. The van der Waals surface area contributed by atoms with E-state index in [0.717, 1.165) is 5.56 Å². The van der Waals surface area contributed by atoms with E-state index >= 15 is 0 Å². The first kappa shape index (κ1) is 22.3. The standard InChI is InChI=1S/C19H24Cl2N2O3/c1-3-15(20)19(16(21)4-2)23-17-8-6-5-7-14(17)13-18(24)26-12-11-25-10-9-22/h3-8,23H,1,9-13,22H2,2H3/b16-4+,19-15-. The molecule has 0 heterocycles. The highest BCUT2D eigenvalue weighted by Gasteiger charge is 2.12. The Morgan fingerprint density at radius 2 is 2.00 bits per heavy atom. The minimum Gasteiger partial charge on any atom is -0.463 e. The second-order valence-electron chi connectivity index (χ2n) is 5.14. The Morgan fingerprint density at radius 3 is 2.65 bits per heavy atom. The number of hydrogen-bond acceptors (Lipinski definition) is 5. The van der Waals surface area contributed by atoms with Crippen LogP contribution in [0.3, 0.4) is 0 Å². The molecule has 0 unspecified atom stereocenters. The SMILES string of the molecule is C=C/C(Cl)=C(Nc1ccccc1CC(=O)OCCOCCN)\C(Cl)=C/C.